The molecule has 1 aromatic rings. The minimum absolute atomic E-state index is 0.0280. The van der Waals surface area contributed by atoms with Gasteiger partial charge in [0.1, 0.15) is 4.34 Å². The minimum atomic E-state index is -0.0280. The third-order valence-corrected chi connectivity index (χ3v) is 4.40. The van der Waals surface area contributed by atoms with E-state index in [0.29, 0.717) is 22.2 Å². The fraction of sp³-hybridized carbons (Fsp3) is 0.444. The van der Waals surface area contributed by atoms with Gasteiger partial charge in [0.2, 0.25) is 0 Å². The van der Waals surface area contributed by atoms with Crippen LogP contribution in [-0.2, 0) is 0 Å². The fourth-order valence-corrected chi connectivity index (χ4v) is 2.83. The van der Waals surface area contributed by atoms with Crippen molar-refractivity contribution in [2.45, 2.75) is 13.3 Å². The topological polar surface area (TPSA) is 29.1 Å². The summed E-state index contributed by atoms with van der Waals surface area (Å²) in [5.41, 5.74) is 0. The summed E-state index contributed by atoms with van der Waals surface area (Å²) >= 11 is 18.6. The molecule has 0 bridgehead atoms. The third kappa shape index (κ3) is 3.33. The number of carbonyl (C=O) groups excluding carboxylic acids is 1. The van der Waals surface area contributed by atoms with Crippen LogP contribution in [0.25, 0.3) is 0 Å². The van der Waals surface area contributed by atoms with Gasteiger partial charge in [-0.1, -0.05) is 41.7 Å². The van der Waals surface area contributed by atoms with Crippen molar-refractivity contribution < 1.29 is 4.79 Å². The van der Waals surface area contributed by atoms with Crippen molar-refractivity contribution in [3.63, 3.8) is 0 Å². The Labute approximate surface area is 108 Å². The molecule has 0 unspecified atom stereocenters. The maximum absolute atomic E-state index is 11.7. The molecule has 0 radical (unpaired) electrons. The number of thiophene rings is 1. The van der Waals surface area contributed by atoms with E-state index in [9.17, 15) is 4.79 Å². The summed E-state index contributed by atoms with van der Waals surface area (Å²) in [6.07, 6.45) is 0.404. The van der Waals surface area contributed by atoms with Gasteiger partial charge >= 0.3 is 0 Å². The molecule has 1 aromatic heterocycles. The number of nitrogens with one attached hydrogen (secondary N) is 1. The highest BCUT2D eigenvalue weighted by Crippen LogP contribution is 2.40. The first-order valence-corrected chi connectivity index (χ1v) is 6.40. The zero-order valence-electron chi connectivity index (χ0n) is 8.07. The van der Waals surface area contributed by atoms with Crippen LogP contribution in [0.2, 0.25) is 14.4 Å². The first-order valence-electron chi connectivity index (χ1n) is 4.45. The maximum Gasteiger partial charge on any atom is 0.175 e. The van der Waals surface area contributed by atoms with Crippen molar-refractivity contribution in [2.75, 3.05) is 13.1 Å². The van der Waals surface area contributed by atoms with Gasteiger partial charge < -0.3 is 5.32 Å². The SMILES string of the molecule is CCNCCC(=O)c1sc(Cl)c(Cl)c1Cl. The van der Waals surface area contributed by atoms with Crippen molar-refractivity contribution in [3.8, 4) is 0 Å². The molecule has 0 aliphatic carbocycles. The first-order chi connectivity index (χ1) is 7.07. The van der Waals surface area contributed by atoms with Crippen LogP contribution in [-0.4, -0.2) is 18.9 Å². The van der Waals surface area contributed by atoms with Crippen LogP contribution in [0.4, 0.5) is 0 Å². The summed E-state index contributed by atoms with van der Waals surface area (Å²) in [5, 5.41) is 3.61. The largest absolute Gasteiger partial charge is 0.317 e. The molecular weight excluding hydrogens is 277 g/mol. The van der Waals surface area contributed by atoms with E-state index in [0.717, 1.165) is 17.9 Å². The Morgan fingerprint density at radius 1 is 1.33 bits per heavy atom. The molecule has 84 valence electrons. The van der Waals surface area contributed by atoms with E-state index >= 15 is 0 Å². The van der Waals surface area contributed by atoms with E-state index in [1.807, 2.05) is 6.92 Å². The van der Waals surface area contributed by atoms with Gasteiger partial charge in [-0.3, -0.25) is 4.79 Å². The van der Waals surface area contributed by atoms with Gasteiger partial charge in [0, 0.05) is 13.0 Å². The quantitative estimate of drug-likeness (QED) is 0.657. The molecule has 2 nitrogen and oxygen atoms in total. The number of halogens is 3. The van der Waals surface area contributed by atoms with Gasteiger partial charge in [0.05, 0.1) is 14.9 Å². The Balaban J connectivity index is 2.70. The molecule has 0 aliphatic rings. The number of Topliss-reactive ketones (excluding diaryl/α,β-unsaturated/α-hetero) is 1. The summed E-state index contributed by atoms with van der Waals surface area (Å²) in [5.74, 6) is -0.0280. The van der Waals surface area contributed by atoms with Crippen molar-refractivity contribution in [2.24, 2.45) is 0 Å². The second-order valence-corrected chi connectivity index (χ2v) is 5.24. The molecule has 1 rings (SSSR count). The highest BCUT2D eigenvalue weighted by Gasteiger charge is 2.18. The van der Waals surface area contributed by atoms with Crippen LogP contribution < -0.4 is 5.32 Å². The fourth-order valence-electron chi connectivity index (χ4n) is 1.04. The second kappa shape index (κ2) is 6.06. The molecule has 0 spiro atoms. The van der Waals surface area contributed by atoms with Crippen LogP contribution in [0.15, 0.2) is 0 Å². The number of ketones is 1. The molecular formula is C9H10Cl3NOS. The van der Waals surface area contributed by atoms with Crippen LogP contribution in [0.1, 0.15) is 23.0 Å². The summed E-state index contributed by atoms with van der Waals surface area (Å²) in [7, 11) is 0. The highest BCUT2D eigenvalue weighted by molar-refractivity contribution is 7.19. The normalized spacial score (nSPS) is 10.7. The minimum Gasteiger partial charge on any atom is -0.317 e. The molecule has 0 aliphatic heterocycles. The molecule has 0 amide bonds. The van der Waals surface area contributed by atoms with Gasteiger partial charge in [0.25, 0.3) is 0 Å². The predicted octanol–water partition coefficient (Wildman–Crippen LogP) is 3.89. The van der Waals surface area contributed by atoms with Gasteiger partial charge in [-0.05, 0) is 6.54 Å². The van der Waals surface area contributed by atoms with E-state index in [2.05, 4.69) is 5.32 Å². The summed E-state index contributed by atoms with van der Waals surface area (Å²) in [4.78, 5) is 12.1. The number of hydrogen-bond acceptors (Lipinski definition) is 3. The monoisotopic (exact) mass is 285 g/mol. The lowest BCUT2D eigenvalue weighted by Gasteiger charge is -1.99. The number of rotatable bonds is 5. The lowest BCUT2D eigenvalue weighted by Crippen LogP contribution is -2.17. The average molecular weight is 287 g/mol. The molecule has 1 N–H and O–H groups in total. The lowest BCUT2D eigenvalue weighted by molar-refractivity contribution is 0.0987. The second-order valence-electron chi connectivity index (χ2n) is 2.86. The van der Waals surface area contributed by atoms with Gasteiger partial charge in [0.15, 0.2) is 5.78 Å². The Hall–Kier alpha value is 0.200. The summed E-state index contributed by atoms with van der Waals surface area (Å²) < 4.78 is 0.369. The zero-order chi connectivity index (χ0) is 11.4. The zero-order valence-corrected chi connectivity index (χ0v) is 11.2. The first kappa shape index (κ1) is 13.3. The van der Waals surface area contributed by atoms with Gasteiger partial charge in [-0.15, -0.1) is 11.3 Å². The molecule has 6 heteroatoms. The standard InChI is InChI=1S/C9H10Cl3NOS/c1-2-13-4-3-5(14)8-6(10)7(11)9(12)15-8/h13H,2-4H2,1H3. The molecule has 0 atom stereocenters. The van der Waals surface area contributed by atoms with E-state index in [-0.39, 0.29) is 15.8 Å². The number of carbonyl (C=O) groups is 1. The van der Waals surface area contributed by atoms with E-state index in [4.69, 9.17) is 34.8 Å². The summed E-state index contributed by atoms with van der Waals surface area (Å²) in [6, 6.07) is 0. The Morgan fingerprint density at radius 3 is 2.47 bits per heavy atom. The smallest absolute Gasteiger partial charge is 0.175 e. The van der Waals surface area contributed by atoms with Crippen LogP contribution in [0.5, 0.6) is 0 Å². The maximum atomic E-state index is 11.7. The van der Waals surface area contributed by atoms with Crippen LogP contribution in [0, 0.1) is 0 Å². The van der Waals surface area contributed by atoms with Crippen molar-refractivity contribution >= 4 is 51.9 Å². The summed E-state index contributed by atoms with van der Waals surface area (Å²) in [6.45, 7) is 3.46. The molecule has 15 heavy (non-hydrogen) atoms. The Kier molecular flexibility index (Phi) is 5.36. The molecule has 0 fully saturated rings. The Bertz CT molecular complexity index is 364. The Morgan fingerprint density at radius 2 is 2.00 bits per heavy atom. The van der Waals surface area contributed by atoms with E-state index in [1.54, 1.807) is 0 Å². The van der Waals surface area contributed by atoms with Crippen molar-refractivity contribution in [1.29, 1.82) is 0 Å². The van der Waals surface area contributed by atoms with Crippen molar-refractivity contribution in [1.82, 2.24) is 5.32 Å². The molecule has 0 saturated heterocycles. The van der Waals surface area contributed by atoms with Crippen LogP contribution >= 0.6 is 46.1 Å². The molecule has 0 saturated carbocycles. The highest BCUT2D eigenvalue weighted by atomic mass is 35.5. The third-order valence-electron chi connectivity index (χ3n) is 1.79. The predicted molar refractivity (Wildman–Crippen MR) is 66.8 cm³/mol. The lowest BCUT2D eigenvalue weighted by atomic mass is 10.2. The number of hydrogen-bond donors (Lipinski definition) is 1. The van der Waals surface area contributed by atoms with E-state index < -0.39 is 0 Å². The van der Waals surface area contributed by atoms with Crippen molar-refractivity contribution in [3.05, 3.63) is 19.3 Å². The van der Waals surface area contributed by atoms with Gasteiger partial charge in [-0.2, -0.15) is 0 Å². The molecule has 0 aromatic carbocycles. The van der Waals surface area contributed by atoms with Crippen LogP contribution in [0.3, 0.4) is 0 Å². The molecule has 1 heterocycles. The average Bonchev–Trinajstić information content (AvgIpc) is 2.46. The van der Waals surface area contributed by atoms with E-state index in [1.165, 1.54) is 0 Å². The van der Waals surface area contributed by atoms with Gasteiger partial charge in [-0.25, -0.2) is 0 Å².